The summed E-state index contributed by atoms with van der Waals surface area (Å²) < 4.78 is 2.07. The van der Waals surface area contributed by atoms with Crippen molar-refractivity contribution < 1.29 is 0 Å². The number of aromatic nitrogens is 2. The van der Waals surface area contributed by atoms with Crippen LogP contribution in [-0.4, -0.2) is 16.1 Å². The van der Waals surface area contributed by atoms with Crippen molar-refractivity contribution in [1.29, 1.82) is 0 Å². The number of nitrogens with zero attached hydrogens (tertiary/aromatic N) is 2. The van der Waals surface area contributed by atoms with Crippen molar-refractivity contribution in [2.24, 2.45) is 5.73 Å². The summed E-state index contributed by atoms with van der Waals surface area (Å²) in [4.78, 5) is 3.93. The summed E-state index contributed by atoms with van der Waals surface area (Å²) in [5, 5.41) is 0. The first kappa shape index (κ1) is 14.3. The maximum absolute atomic E-state index is 5.34. The van der Waals surface area contributed by atoms with Crippen LogP contribution in [0.4, 0.5) is 0 Å². The van der Waals surface area contributed by atoms with Crippen molar-refractivity contribution >= 4 is 24.8 Å². The van der Waals surface area contributed by atoms with E-state index in [1.54, 1.807) is 6.20 Å². The fraction of sp³-hybridized carbons (Fsp3) is 0.571. The molecule has 12 heavy (non-hydrogen) atoms. The van der Waals surface area contributed by atoms with Crippen molar-refractivity contribution in [2.75, 3.05) is 6.54 Å². The fourth-order valence-corrected chi connectivity index (χ4v) is 0.858. The zero-order chi connectivity index (χ0) is 7.23. The molecule has 1 rings (SSSR count). The summed E-state index contributed by atoms with van der Waals surface area (Å²) in [7, 11) is 0. The molecule has 0 aliphatic rings. The molecule has 0 fully saturated rings. The molecule has 0 amide bonds. The largest absolute Gasteiger partial charge is 0.337 e. The number of hydrogen-bond acceptors (Lipinski definition) is 2. The Balaban J connectivity index is 0. The Morgan fingerprint density at radius 3 is 2.50 bits per heavy atom. The average Bonchev–Trinajstić information content (AvgIpc) is 2.41. The van der Waals surface area contributed by atoms with E-state index in [0.717, 1.165) is 25.9 Å². The second kappa shape index (κ2) is 8.84. The van der Waals surface area contributed by atoms with Crippen LogP contribution in [0.2, 0.25) is 0 Å². The van der Waals surface area contributed by atoms with Gasteiger partial charge in [-0.1, -0.05) is 0 Å². The molecule has 1 aromatic heterocycles. The summed E-state index contributed by atoms with van der Waals surface area (Å²) in [6.07, 6.45) is 7.83. The van der Waals surface area contributed by atoms with Gasteiger partial charge in [0.05, 0.1) is 6.33 Å². The summed E-state index contributed by atoms with van der Waals surface area (Å²) in [6, 6.07) is 0. The fourth-order valence-electron chi connectivity index (χ4n) is 0.858. The maximum Gasteiger partial charge on any atom is 0.0945 e. The predicted molar refractivity (Wildman–Crippen MR) is 55.0 cm³/mol. The maximum atomic E-state index is 5.34. The van der Waals surface area contributed by atoms with Crippen LogP contribution in [0.25, 0.3) is 0 Å². The van der Waals surface area contributed by atoms with E-state index < -0.39 is 0 Å². The van der Waals surface area contributed by atoms with E-state index >= 15 is 0 Å². The molecule has 0 bridgehead atoms. The number of halogens is 2. The third-order valence-electron chi connectivity index (χ3n) is 1.43. The third-order valence-corrected chi connectivity index (χ3v) is 1.43. The molecular formula is C7H15Cl2N3. The number of rotatable bonds is 4. The minimum absolute atomic E-state index is 0. The molecule has 0 spiro atoms. The number of aryl methyl sites for hydroxylation is 1. The number of unbranched alkanes of at least 4 members (excludes halogenated alkanes) is 1. The lowest BCUT2D eigenvalue weighted by Gasteiger charge is -1.98. The minimum Gasteiger partial charge on any atom is -0.337 e. The molecule has 72 valence electrons. The first-order valence-electron chi connectivity index (χ1n) is 3.59. The van der Waals surface area contributed by atoms with E-state index in [1.165, 1.54) is 0 Å². The van der Waals surface area contributed by atoms with Gasteiger partial charge >= 0.3 is 0 Å². The lowest BCUT2D eigenvalue weighted by Crippen LogP contribution is -2.01. The zero-order valence-electron chi connectivity index (χ0n) is 6.85. The number of hydrogen-bond donors (Lipinski definition) is 1. The van der Waals surface area contributed by atoms with Gasteiger partial charge in [-0.3, -0.25) is 0 Å². The summed E-state index contributed by atoms with van der Waals surface area (Å²) in [6.45, 7) is 1.83. The first-order chi connectivity index (χ1) is 4.93. The van der Waals surface area contributed by atoms with E-state index in [4.69, 9.17) is 5.73 Å². The van der Waals surface area contributed by atoms with Crippen LogP contribution in [0.1, 0.15) is 12.8 Å². The van der Waals surface area contributed by atoms with E-state index in [-0.39, 0.29) is 24.8 Å². The third kappa shape index (κ3) is 5.41. The van der Waals surface area contributed by atoms with Gasteiger partial charge in [-0.05, 0) is 19.4 Å². The molecule has 0 aliphatic carbocycles. The normalized spacial score (nSPS) is 8.42. The molecule has 1 heterocycles. The monoisotopic (exact) mass is 211 g/mol. The summed E-state index contributed by atoms with van der Waals surface area (Å²) >= 11 is 0. The van der Waals surface area contributed by atoms with Gasteiger partial charge in [0.1, 0.15) is 0 Å². The number of nitrogens with two attached hydrogens (primary N) is 1. The lowest BCUT2D eigenvalue weighted by atomic mass is 10.3. The van der Waals surface area contributed by atoms with Gasteiger partial charge in [-0.25, -0.2) is 4.98 Å². The highest BCUT2D eigenvalue weighted by Crippen LogP contribution is 1.92. The van der Waals surface area contributed by atoms with Crippen LogP contribution in [-0.2, 0) is 6.54 Å². The highest BCUT2D eigenvalue weighted by molar-refractivity contribution is 5.85. The van der Waals surface area contributed by atoms with Crippen LogP contribution < -0.4 is 5.73 Å². The molecular weight excluding hydrogens is 197 g/mol. The SMILES string of the molecule is Cl.Cl.NCCCCn1ccnc1. The average molecular weight is 212 g/mol. The molecule has 2 N–H and O–H groups in total. The van der Waals surface area contributed by atoms with Crippen LogP contribution >= 0.6 is 24.8 Å². The van der Waals surface area contributed by atoms with E-state index in [1.807, 2.05) is 12.5 Å². The smallest absolute Gasteiger partial charge is 0.0945 e. The van der Waals surface area contributed by atoms with E-state index in [2.05, 4.69) is 9.55 Å². The molecule has 3 nitrogen and oxygen atoms in total. The summed E-state index contributed by atoms with van der Waals surface area (Å²) in [5.41, 5.74) is 5.34. The van der Waals surface area contributed by atoms with Crippen molar-refractivity contribution in [1.82, 2.24) is 9.55 Å². The van der Waals surface area contributed by atoms with Crippen LogP contribution in [0.5, 0.6) is 0 Å². The van der Waals surface area contributed by atoms with Gasteiger partial charge in [0.2, 0.25) is 0 Å². The van der Waals surface area contributed by atoms with Gasteiger partial charge in [-0.2, -0.15) is 0 Å². The van der Waals surface area contributed by atoms with Crippen molar-refractivity contribution in [2.45, 2.75) is 19.4 Å². The number of imidazole rings is 1. The standard InChI is InChI=1S/C7H13N3.2ClH/c8-3-1-2-5-10-6-4-9-7-10;;/h4,6-7H,1-3,5,8H2;2*1H. The van der Waals surface area contributed by atoms with E-state index in [0.29, 0.717) is 0 Å². The summed E-state index contributed by atoms with van der Waals surface area (Å²) in [5.74, 6) is 0. The molecule has 0 radical (unpaired) electrons. The first-order valence-corrected chi connectivity index (χ1v) is 3.59. The van der Waals surface area contributed by atoms with Crippen LogP contribution in [0, 0.1) is 0 Å². The Hall–Kier alpha value is -0.250. The topological polar surface area (TPSA) is 43.8 Å². The van der Waals surface area contributed by atoms with Gasteiger partial charge < -0.3 is 10.3 Å². The second-order valence-electron chi connectivity index (χ2n) is 2.30. The Kier molecular flexibility index (Phi) is 10.5. The molecule has 5 heteroatoms. The van der Waals surface area contributed by atoms with Crippen LogP contribution in [0.15, 0.2) is 18.7 Å². The molecule has 0 saturated heterocycles. The lowest BCUT2D eigenvalue weighted by molar-refractivity contribution is 0.614. The minimum atomic E-state index is 0. The zero-order valence-corrected chi connectivity index (χ0v) is 8.48. The highest BCUT2D eigenvalue weighted by Gasteiger charge is 1.87. The van der Waals surface area contributed by atoms with E-state index in [9.17, 15) is 0 Å². The van der Waals surface area contributed by atoms with Gasteiger partial charge in [-0.15, -0.1) is 24.8 Å². The Bertz CT molecular complexity index is 165. The molecule has 1 aromatic rings. The van der Waals surface area contributed by atoms with Crippen molar-refractivity contribution in [3.05, 3.63) is 18.7 Å². The van der Waals surface area contributed by atoms with Gasteiger partial charge in [0.25, 0.3) is 0 Å². The Morgan fingerprint density at radius 1 is 1.25 bits per heavy atom. The molecule has 0 aromatic carbocycles. The molecule has 0 saturated carbocycles. The Morgan fingerprint density at radius 2 is 2.00 bits per heavy atom. The quantitative estimate of drug-likeness (QED) is 0.768. The second-order valence-corrected chi connectivity index (χ2v) is 2.30. The van der Waals surface area contributed by atoms with Crippen molar-refractivity contribution in [3.63, 3.8) is 0 Å². The molecule has 0 unspecified atom stereocenters. The Labute approximate surface area is 85.2 Å². The predicted octanol–water partition coefficient (Wildman–Crippen LogP) is 1.47. The molecule has 0 aliphatic heterocycles. The van der Waals surface area contributed by atoms with Crippen LogP contribution in [0.3, 0.4) is 0 Å². The van der Waals surface area contributed by atoms with Gasteiger partial charge in [0.15, 0.2) is 0 Å². The highest BCUT2D eigenvalue weighted by atomic mass is 35.5. The van der Waals surface area contributed by atoms with Gasteiger partial charge in [0, 0.05) is 18.9 Å². The van der Waals surface area contributed by atoms with Crippen molar-refractivity contribution in [3.8, 4) is 0 Å². The molecule has 0 atom stereocenters.